The molecule has 1 rings (SSSR count). The van der Waals surface area contributed by atoms with Crippen molar-refractivity contribution in [2.24, 2.45) is 5.73 Å². The number of amides is 1. The maximum absolute atomic E-state index is 11.7. The van der Waals surface area contributed by atoms with Crippen LogP contribution < -0.4 is 11.1 Å². The normalized spacial score (nSPS) is 19.2. The molecule has 0 spiro atoms. The Morgan fingerprint density at radius 1 is 1.33 bits per heavy atom. The summed E-state index contributed by atoms with van der Waals surface area (Å²) in [5, 5.41) is 2.93. The van der Waals surface area contributed by atoms with Crippen LogP contribution in [0.1, 0.15) is 52.4 Å². The third-order valence-electron chi connectivity index (χ3n) is 4.10. The fourth-order valence-corrected chi connectivity index (χ4v) is 2.85. The average Bonchev–Trinajstić information content (AvgIpc) is 2.36. The molecule has 0 radical (unpaired) electrons. The van der Waals surface area contributed by atoms with Crippen molar-refractivity contribution in [2.45, 2.75) is 64.0 Å². The Bertz CT molecular complexity index is 260. The van der Waals surface area contributed by atoms with Gasteiger partial charge in [0.2, 0.25) is 5.91 Å². The zero-order valence-electron chi connectivity index (χ0n) is 12.2. The van der Waals surface area contributed by atoms with Crippen LogP contribution in [0, 0.1) is 0 Å². The second kappa shape index (κ2) is 7.10. The second-order valence-corrected chi connectivity index (χ2v) is 5.88. The molecule has 1 saturated carbocycles. The van der Waals surface area contributed by atoms with E-state index in [4.69, 9.17) is 5.73 Å². The van der Waals surface area contributed by atoms with Gasteiger partial charge >= 0.3 is 0 Å². The predicted octanol–water partition coefficient (Wildman–Crippen LogP) is 1.49. The molecule has 0 aromatic rings. The maximum Gasteiger partial charge on any atom is 0.221 e. The fourth-order valence-electron chi connectivity index (χ4n) is 2.85. The molecule has 0 saturated heterocycles. The van der Waals surface area contributed by atoms with Gasteiger partial charge in [0, 0.05) is 31.1 Å². The van der Waals surface area contributed by atoms with Crippen LogP contribution in [0.15, 0.2) is 0 Å². The van der Waals surface area contributed by atoms with Crippen molar-refractivity contribution in [1.82, 2.24) is 10.2 Å². The number of nitrogens with zero attached hydrogens (tertiary/aromatic N) is 1. The zero-order chi connectivity index (χ0) is 13.6. The van der Waals surface area contributed by atoms with E-state index in [1.165, 1.54) is 32.1 Å². The molecule has 0 aliphatic heterocycles. The smallest absolute Gasteiger partial charge is 0.221 e. The molecule has 1 aliphatic carbocycles. The van der Waals surface area contributed by atoms with E-state index in [2.05, 4.69) is 17.3 Å². The molecule has 1 amide bonds. The Kier molecular flexibility index (Phi) is 6.09. The van der Waals surface area contributed by atoms with Gasteiger partial charge in [0.05, 0.1) is 0 Å². The number of carbonyl (C=O) groups is 1. The van der Waals surface area contributed by atoms with Gasteiger partial charge in [-0.1, -0.05) is 19.3 Å². The number of hydrogen-bond donors (Lipinski definition) is 2. The summed E-state index contributed by atoms with van der Waals surface area (Å²) < 4.78 is 0. The van der Waals surface area contributed by atoms with E-state index in [0.717, 1.165) is 6.54 Å². The largest absolute Gasteiger partial charge is 0.354 e. The summed E-state index contributed by atoms with van der Waals surface area (Å²) in [5.41, 5.74) is 6.12. The molecule has 0 aromatic carbocycles. The lowest BCUT2D eigenvalue weighted by molar-refractivity contribution is -0.122. The van der Waals surface area contributed by atoms with Gasteiger partial charge in [0.25, 0.3) is 0 Å². The van der Waals surface area contributed by atoms with E-state index in [9.17, 15) is 4.79 Å². The van der Waals surface area contributed by atoms with Gasteiger partial charge in [-0.15, -0.1) is 0 Å². The monoisotopic (exact) mass is 255 g/mol. The van der Waals surface area contributed by atoms with Gasteiger partial charge in [0.15, 0.2) is 0 Å². The van der Waals surface area contributed by atoms with Crippen LogP contribution in [-0.4, -0.2) is 42.5 Å². The van der Waals surface area contributed by atoms with Gasteiger partial charge in [-0.05, 0) is 33.7 Å². The quantitative estimate of drug-likeness (QED) is 0.756. The minimum atomic E-state index is 0.135. The number of hydrogen-bond acceptors (Lipinski definition) is 3. The number of nitrogens with one attached hydrogen (secondary N) is 1. The zero-order valence-corrected chi connectivity index (χ0v) is 12.2. The number of nitrogens with two attached hydrogens (primary N) is 1. The average molecular weight is 255 g/mol. The van der Waals surface area contributed by atoms with Gasteiger partial charge in [-0.25, -0.2) is 0 Å². The van der Waals surface area contributed by atoms with E-state index < -0.39 is 0 Å². The summed E-state index contributed by atoms with van der Waals surface area (Å²) in [6.45, 7) is 5.49. The van der Waals surface area contributed by atoms with Crippen molar-refractivity contribution in [3.05, 3.63) is 0 Å². The van der Waals surface area contributed by atoms with Crippen LogP contribution in [0.25, 0.3) is 0 Å². The first-order chi connectivity index (χ1) is 8.50. The van der Waals surface area contributed by atoms with Crippen molar-refractivity contribution in [1.29, 1.82) is 0 Å². The molecular weight excluding hydrogens is 226 g/mol. The molecule has 0 heterocycles. The SMILES string of the molecule is CC(C)NC(=O)CCN(C)C1(CN)CCCCC1. The summed E-state index contributed by atoms with van der Waals surface area (Å²) in [6, 6.07) is 0.223. The number of rotatable bonds is 6. The molecule has 106 valence electrons. The van der Waals surface area contributed by atoms with Gasteiger partial charge in [-0.3, -0.25) is 9.69 Å². The van der Waals surface area contributed by atoms with Crippen molar-refractivity contribution in [3.63, 3.8) is 0 Å². The Morgan fingerprint density at radius 3 is 2.44 bits per heavy atom. The third-order valence-corrected chi connectivity index (χ3v) is 4.10. The van der Waals surface area contributed by atoms with Crippen LogP contribution in [0.2, 0.25) is 0 Å². The highest BCUT2D eigenvalue weighted by Crippen LogP contribution is 2.32. The molecule has 1 aliphatic rings. The molecule has 0 unspecified atom stereocenters. The lowest BCUT2D eigenvalue weighted by Gasteiger charge is -2.44. The molecule has 4 nitrogen and oxygen atoms in total. The third kappa shape index (κ3) is 4.25. The van der Waals surface area contributed by atoms with Crippen LogP contribution in [0.5, 0.6) is 0 Å². The molecule has 0 aromatic heterocycles. The Labute approximate surface area is 111 Å². The summed E-state index contributed by atoms with van der Waals surface area (Å²) in [6.07, 6.45) is 6.76. The summed E-state index contributed by atoms with van der Waals surface area (Å²) in [5.74, 6) is 0.139. The molecule has 3 N–H and O–H groups in total. The maximum atomic E-state index is 11.7. The van der Waals surface area contributed by atoms with E-state index in [1.807, 2.05) is 13.8 Å². The summed E-state index contributed by atoms with van der Waals surface area (Å²) >= 11 is 0. The van der Waals surface area contributed by atoms with E-state index >= 15 is 0 Å². The molecule has 0 atom stereocenters. The van der Waals surface area contributed by atoms with Gasteiger partial charge in [0.1, 0.15) is 0 Å². The standard InChI is InChI=1S/C14H29N3O/c1-12(2)16-13(18)7-10-17(3)14(11-15)8-5-4-6-9-14/h12H,4-11,15H2,1-3H3,(H,16,18). The summed E-state index contributed by atoms with van der Waals surface area (Å²) in [4.78, 5) is 14.0. The van der Waals surface area contributed by atoms with Crippen LogP contribution in [0.4, 0.5) is 0 Å². The molecule has 1 fully saturated rings. The van der Waals surface area contributed by atoms with Crippen molar-refractivity contribution < 1.29 is 4.79 Å². The highest BCUT2D eigenvalue weighted by Gasteiger charge is 2.34. The van der Waals surface area contributed by atoms with Crippen molar-refractivity contribution in [3.8, 4) is 0 Å². The Morgan fingerprint density at radius 2 is 1.94 bits per heavy atom. The van der Waals surface area contributed by atoms with Crippen LogP contribution in [-0.2, 0) is 4.79 Å². The minimum absolute atomic E-state index is 0.135. The fraction of sp³-hybridized carbons (Fsp3) is 0.929. The molecular formula is C14H29N3O. The van der Waals surface area contributed by atoms with E-state index in [-0.39, 0.29) is 17.5 Å². The minimum Gasteiger partial charge on any atom is -0.354 e. The molecule has 0 bridgehead atoms. The van der Waals surface area contributed by atoms with Gasteiger partial charge < -0.3 is 11.1 Å². The van der Waals surface area contributed by atoms with Crippen molar-refractivity contribution in [2.75, 3.05) is 20.1 Å². The first-order valence-corrected chi connectivity index (χ1v) is 7.21. The van der Waals surface area contributed by atoms with E-state index in [1.54, 1.807) is 0 Å². The first-order valence-electron chi connectivity index (χ1n) is 7.21. The van der Waals surface area contributed by atoms with Gasteiger partial charge in [-0.2, -0.15) is 0 Å². The second-order valence-electron chi connectivity index (χ2n) is 5.88. The predicted molar refractivity (Wildman–Crippen MR) is 75.4 cm³/mol. The van der Waals surface area contributed by atoms with Crippen LogP contribution >= 0.6 is 0 Å². The molecule has 18 heavy (non-hydrogen) atoms. The first kappa shape index (κ1) is 15.4. The van der Waals surface area contributed by atoms with E-state index in [0.29, 0.717) is 13.0 Å². The number of carbonyl (C=O) groups excluding carboxylic acids is 1. The summed E-state index contributed by atoms with van der Waals surface area (Å²) in [7, 11) is 2.11. The Hall–Kier alpha value is -0.610. The van der Waals surface area contributed by atoms with Crippen molar-refractivity contribution >= 4 is 5.91 Å². The number of likely N-dealkylation sites (N-methyl/N-ethyl adjacent to an activating group) is 1. The lowest BCUT2D eigenvalue weighted by atomic mass is 9.80. The highest BCUT2D eigenvalue weighted by atomic mass is 16.1. The Balaban J connectivity index is 2.42. The highest BCUT2D eigenvalue weighted by molar-refractivity contribution is 5.76. The molecule has 4 heteroatoms. The van der Waals surface area contributed by atoms with Crippen LogP contribution in [0.3, 0.4) is 0 Å². The lowest BCUT2D eigenvalue weighted by Crippen LogP contribution is -2.54. The topological polar surface area (TPSA) is 58.4 Å².